The Kier molecular flexibility index (Phi) is 5.09. The maximum absolute atomic E-state index is 14.6. The molecule has 0 unspecified atom stereocenters. The average Bonchev–Trinajstić information content (AvgIpc) is 3.03. The molecule has 0 amide bonds. The molecule has 0 aliphatic rings. The Labute approximate surface area is 180 Å². The number of hydrogen-bond acceptors (Lipinski definition) is 3. The number of halogens is 2. The normalized spacial score (nSPS) is 11.1. The molecule has 162 valence electrons. The summed E-state index contributed by atoms with van der Waals surface area (Å²) in [6, 6.07) is 9.16. The number of benzene rings is 2. The molecule has 2 aromatic heterocycles. The number of nitrogens with one attached hydrogen (secondary N) is 1. The highest BCUT2D eigenvalue weighted by molar-refractivity contribution is 6.08. The number of carboxylic acids is 1. The zero-order valence-corrected chi connectivity index (χ0v) is 16.9. The number of hydrogen-bond donors (Lipinski definition) is 2. The van der Waals surface area contributed by atoms with Gasteiger partial charge >= 0.3 is 5.97 Å². The summed E-state index contributed by atoms with van der Waals surface area (Å²) in [7, 11) is 0. The van der Waals surface area contributed by atoms with Gasteiger partial charge in [0, 0.05) is 40.4 Å². The fourth-order valence-corrected chi connectivity index (χ4v) is 3.76. The van der Waals surface area contributed by atoms with Gasteiger partial charge in [-0.05, 0) is 42.8 Å². The molecule has 4 aromatic rings. The van der Waals surface area contributed by atoms with Crippen molar-refractivity contribution in [2.24, 2.45) is 0 Å². The third kappa shape index (κ3) is 3.43. The molecule has 2 N–H and O–H groups in total. The first-order valence-corrected chi connectivity index (χ1v) is 9.49. The van der Waals surface area contributed by atoms with E-state index in [-0.39, 0.29) is 45.7 Å². The van der Waals surface area contributed by atoms with E-state index in [1.165, 1.54) is 42.0 Å². The average molecular weight is 437 g/mol. The van der Waals surface area contributed by atoms with Crippen molar-refractivity contribution in [1.82, 2.24) is 9.55 Å². The first kappa shape index (κ1) is 21.0. The molecule has 0 aliphatic heterocycles. The van der Waals surface area contributed by atoms with Crippen LogP contribution in [-0.2, 0) is 6.54 Å². The predicted octanol–water partition coefficient (Wildman–Crippen LogP) is 4.17. The molecule has 32 heavy (non-hydrogen) atoms. The second-order valence-corrected chi connectivity index (χ2v) is 7.30. The van der Waals surface area contributed by atoms with E-state index in [9.17, 15) is 28.7 Å². The molecule has 0 aliphatic carbocycles. The van der Waals surface area contributed by atoms with E-state index in [2.05, 4.69) is 11.7 Å². The Morgan fingerprint density at radius 3 is 2.62 bits per heavy atom. The van der Waals surface area contributed by atoms with Crippen LogP contribution < -0.4 is 5.56 Å². The summed E-state index contributed by atoms with van der Waals surface area (Å²) < 4.78 is 30.6. The molecule has 0 radical (unpaired) electrons. The number of aryl methyl sites for hydroxylation is 1. The molecule has 0 saturated heterocycles. The molecule has 2 aromatic carbocycles. The van der Waals surface area contributed by atoms with Gasteiger partial charge in [0.05, 0.1) is 12.1 Å². The highest BCUT2D eigenvalue weighted by atomic mass is 19.1. The number of fused-ring (bicyclic) bond motifs is 1. The predicted molar refractivity (Wildman–Crippen MR) is 116 cm³/mol. The number of carbonyl (C=O) groups is 1. The van der Waals surface area contributed by atoms with E-state index in [1.807, 2.05) is 0 Å². The third-order valence-electron chi connectivity index (χ3n) is 5.28. The first-order chi connectivity index (χ1) is 15.2. The van der Waals surface area contributed by atoms with Gasteiger partial charge in [0.25, 0.3) is 5.56 Å². The number of aromatic amines is 1. The number of H-pyrrole nitrogens is 1. The Hall–Kier alpha value is -4.27. The monoisotopic (exact) mass is 437 g/mol. The third-order valence-corrected chi connectivity index (χ3v) is 5.28. The van der Waals surface area contributed by atoms with Crippen LogP contribution in [0.15, 0.2) is 53.5 Å². The topological polar surface area (TPSA) is 101 Å². The van der Waals surface area contributed by atoms with Gasteiger partial charge in [-0.25, -0.2) is 13.6 Å². The number of carboxylic acid groups (broad SMARTS) is 1. The Bertz CT molecular complexity index is 1470. The second-order valence-electron chi connectivity index (χ2n) is 7.30. The lowest BCUT2D eigenvalue weighted by Crippen LogP contribution is -2.14. The summed E-state index contributed by atoms with van der Waals surface area (Å²) >= 11 is 0. The van der Waals surface area contributed by atoms with E-state index in [1.54, 1.807) is 6.07 Å². The van der Waals surface area contributed by atoms with Crippen LogP contribution in [-0.4, -0.2) is 32.1 Å². The quantitative estimate of drug-likeness (QED) is 0.212. The summed E-state index contributed by atoms with van der Waals surface area (Å²) in [5, 5.41) is 21.9. The molecule has 7 nitrogen and oxygen atoms in total. The smallest absolute Gasteiger partial charge is 0.353 e. The minimum absolute atomic E-state index is 0.000837. The van der Waals surface area contributed by atoms with Gasteiger partial charge in [0.1, 0.15) is 24.0 Å². The number of aromatic carboxylic acids is 1. The van der Waals surface area contributed by atoms with Gasteiger partial charge < -0.3 is 19.9 Å². The van der Waals surface area contributed by atoms with E-state index in [0.717, 1.165) is 12.1 Å². The second kappa shape index (κ2) is 7.77. The van der Waals surface area contributed by atoms with Gasteiger partial charge in [-0.3, -0.25) is 4.79 Å². The van der Waals surface area contributed by atoms with Crippen LogP contribution in [0.5, 0.6) is 0 Å². The molecule has 0 bridgehead atoms. The Balaban J connectivity index is 2.09. The number of pyridine rings is 1. The number of rotatable bonds is 5. The van der Waals surface area contributed by atoms with E-state index in [0.29, 0.717) is 10.1 Å². The van der Waals surface area contributed by atoms with Crippen molar-refractivity contribution in [1.29, 1.82) is 0 Å². The van der Waals surface area contributed by atoms with Crippen LogP contribution >= 0.6 is 0 Å². The van der Waals surface area contributed by atoms with Crippen LogP contribution in [0.25, 0.3) is 22.0 Å². The molecule has 0 atom stereocenters. The summed E-state index contributed by atoms with van der Waals surface area (Å²) in [6.07, 6.45) is 1.41. The highest BCUT2D eigenvalue weighted by Crippen LogP contribution is 2.36. The molecule has 2 heterocycles. The maximum Gasteiger partial charge on any atom is 0.353 e. The number of nitrogens with zero attached hydrogens (tertiary/aromatic N) is 2. The summed E-state index contributed by atoms with van der Waals surface area (Å²) in [4.78, 5) is 27.3. The van der Waals surface area contributed by atoms with Crippen molar-refractivity contribution in [2.75, 3.05) is 0 Å². The van der Waals surface area contributed by atoms with Crippen LogP contribution in [0.1, 0.15) is 21.6 Å². The van der Waals surface area contributed by atoms with Crippen LogP contribution in [0.4, 0.5) is 14.5 Å². The summed E-state index contributed by atoms with van der Waals surface area (Å²) in [5.74, 6) is -2.64. The standard InChI is InChI=1S/C23H17F2N3O4/c1-12-8-16-19(10-18(12)25)28(11-13-9-14(27(2)32)5-6-17(13)24)21(23(30)31)20(16)15-4-3-7-26-22(15)29/h3-10H,2,11H2,1H3,(H,26,29)(H,30,31). The fourth-order valence-electron chi connectivity index (χ4n) is 3.76. The van der Waals surface area contributed by atoms with Crippen LogP contribution in [0.2, 0.25) is 0 Å². The molecular formula is C23H17F2N3O4. The molecule has 0 spiro atoms. The SMILES string of the molecule is C=[N+]([O-])c1ccc(F)c(Cn2c(C(=O)O)c(-c3ccc[nH]c3=O)c3cc(C)c(F)cc32)c1. The van der Waals surface area contributed by atoms with Gasteiger partial charge in [-0.2, -0.15) is 4.74 Å². The first-order valence-electron chi connectivity index (χ1n) is 9.49. The molecule has 9 heteroatoms. The number of aromatic nitrogens is 2. The fraction of sp³-hybridized carbons (Fsp3) is 0.0870. The Morgan fingerprint density at radius 2 is 1.97 bits per heavy atom. The van der Waals surface area contributed by atoms with Crippen molar-refractivity contribution in [3.05, 3.63) is 92.7 Å². The van der Waals surface area contributed by atoms with E-state index in [4.69, 9.17) is 0 Å². The lowest BCUT2D eigenvalue weighted by atomic mass is 10.0. The van der Waals surface area contributed by atoms with Crippen LogP contribution in [0, 0.1) is 23.8 Å². The minimum atomic E-state index is -1.38. The van der Waals surface area contributed by atoms with E-state index < -0.39 is 23.2 Å². The van der Waals surface area contributed by atoms with E-state index >= 15 is 0 Å². The van der Waals surface area contributed by atoms with Crippen molar-refractivity contribution < 1.29 is 23.4 Å². The molecule has 0 fully saturated rings. The largest absolute Gasteiger partial charge is 0.619 e. The zero-order valence-electron chi connectivity index (χ0n) is 16.9. The zero-order chi connectivity index (χ0) is 23.2. The summed E-state index contributed by atoms with van der Waals surface area (Å²) in [6.45, 7) is 4.42. The lowest BCUT2D eigenvalue weighted by molar-refractivity contribution is -0.350. The Morgan fingerprint density at radius 1 is 1.22 bits per heavy atom. The van der Waals surface area contributed by atoms with Gasteiger partial charge in [-0.1, -0.05) is 0 Å². The lowest BCUT2D eigenvalue weighted by Gasteiger charge is -2.11. The maximum atomic E-state index is 14.6. The summed E-state index contributed by atoms with van der Waals surface area (Å²) in [5.41, 5.74) is -0.163. The van der Waals surface area contributed by atoms with Crippen molar-refractivity contribution in [3.63, 3.8) is 0 Å². The highest BCUT2D eigenvalue weighted by Gasteiger charge is 2.26. The van der Waals surface area contributed by atoms with Crippen molar-refractivity contribution in [2.45, 2.75) is 13.5 Å². The van der Waals surface area contributed by atoms with Gasteiger partial charge in [0.15, 0.2) is 0 Å². The van der Waals surface area contributed by atoms with Crippen molar-refractivity contribution in [3.8, 4) is 11.1 Å². The minimum Gasteiger partial charge on any atom is -0.619 e. The van der Waals surface area contributed by atoms with Crippen molar-refractivity contribution >= 4 is 29.3 Å². The van der Waals surface area contributed by atoms with Crippen LogP contribution in [0.3, 0.4) is 0 Å². The van der Waals surface area contributed by atoms with Gasteiger partial charge in [-0.15, -0.1) is 0 Å². The molecule has 0 saturated carbocycles. The van der Waals surface area contributed by atoms with Gasteiger partial charge in [0.2, 0.25) is 5.69 Å². The molecular weight excluding hydrogens is 420 g/mol. The molecule has 4 rings (SSSR count).